The maximum Gasteiger partial charge on any atom is 0.254 e. The van der Waals surface area contributed by atoms with Gasteiger partial charge in [0.1, 0.15) is 5.75 Å². The number of benzene rings is 1. The predicted octanol–water partition coefficient (Wildman–Crippen LogP) is 2.88. The van der Waals surface area contributed by atoms with Gasteiger partial charge in [-0.3, -0.25) is 4.79 Å². The van der Waals surface area contributed by atoms with Gasteiger partial charge in [-0.15, -0.1) is 0 Å². The normalized spacial score (nSPS) is 15.3. The first kappa shape index (κ1) is 12.9. The molecule has 0 saturated heterocycles. The van der Waals surface area contributed by atoms with Crippen LogP contribution in [0.1, 0.15) is 49.5 Å². The van der Waals surface area contributed by atoms with Crippen molar-refractivity contribution in [3.63, 3.8) is 0 Å². The van der Waals surface area contributed by atoms with Crippen LogP contribution in [0.4, 0.5) is 0 Å². The van der Waals surface area contributed by atoms with Gasteiger partial charge in [-0.05, 0) is 36.0 Å². The van der Waals surface area contributed by atoms with Gasteiger partial charge in [0.05, 0.1) is 11.7 Å². The average Bonchev–Trinajstić information content (AvgIpc) is 3.10. The topological polar surface area (TPSA) is 38.3 Å². The Kier molecular flexibility index (Phi) is 3.33. The zero-order valence-electron chi connectivity index (χ0n) is 11.5. The van der Waals surface area contributed by atoms with Crippen LogP contribution in [0, 0.1) is 0 Å². The monoisotopic (exact) mass is 247 g/mol. The maximum atomic E-state index is 11.8. The smallest absolute Gasteiger partial charge is 0.254 e. The molecule has 3 heteroatoms. The fourth-order valence-electron chi connectivity index (χ4n) is 1.77. The van der Waals surface area contributed by atoms with E-state index in [2.05, 4.69) is 26.1 Å². The Morgan fingerprint density at radius 3 is 2.50 bits per heavy atom. The Balaban J connectivity index is 2.37. The minimum absolute atomic E-state index is 0.0584. The van der Waals surface area contributed by atoms with Crippen LogP contribution in [-0.4, -0.2) is 19.1 Å². The SMILES string of the molecule is CNC(=O)c1ccc(C(C)(C)C)cc1OC1CC1. The van der Waals surface area contributed by atoms with Crippen molar-refractivity contribution in [2.24, 2.45) is 0 Å². The molecule has 1 saturated carbocycles. The summed E-state index contributed by atoms with van der Waals surface area (Å²) in [6, 6.07) is 5.87. The molecule has 1 fully saturated rings. The number of hydrogen-bond donors (Lipinski definition) is 1. The molecule has 0 aromatic heterocycles. The minimum atomic E-state index is -0.0916. The third-order valence-electron chi connectivity index (χ3n) is 3.14. The number of ether oxygens (including phenoxy) is 1. The number of rotatable bonds is 3. The second-order valence-electron chi connectivity index (χ2n) is 5.86. The lowest BCUT2D eigenvalue weighted by molar-refractivity contribution is 0.0958. The Hall–Kier alpha value is -1.51. The van der Waals surface area contributed by atoms with Crippen LogP contribution in [0.2, 0.25) is 0 Å². The van der Waals surface area contributed by atoms with Gasteiger partial charge in [-0.2, -0.15) is 0 Å². The third kappa shape index (κ3) is 2.84. The quantitative estimate of drug-likeness (QED) is 0.892. The van der Waals surface area contributed by atoms with Crippen molar-refractivity contribution in [1.29, 1.82) is 0 Å². The van der Waals surface area contributed by atoms with E-state index in [0.717, 1.165) is 12.8 Å². The zero-order chi connectivity index (χ0) is 13.3. The average molecular weight is 247 g/mol. The second-order valence-corrected chi connectivity index (χ2v) is 5.86. The molecule has 98 valence electrons. The highest BCUT2D eigenvalue weighted by Gasteiger charge is 2.26. The summed E-state index contributed by atoms with van der Waals surface area (Å²) in [6.45, 7) is 6.47. The standard InChI is InChI=1S/C15H21NO2/c1-15(2,3)10-5-8-12(14(17)16-4)13(9-10)18-11-6-7-11/h5,8-9,11H,6-7H2,1-4H3,(H,16,17). The fraction of sp³-hybridized carbons (Fsp3) is 0.533. The van der Waals surface area contributed by atoms with E-state index < -0.39 is 0 Å². The van der Waals surface area contributed by atoms with E-state index in [1.165, 1.54) is 5.56 Å². The summed E-state index contributed by atoms with van der Waals surface area (Å²) in [4.78, 5) is 11.8. The zero-order valence-corrected chi connectivity index (χ0v) is 11.5. The summed E-state index contributed by atoms with van der Waals surface area (Å²) in [6.07, 6.45) is 2.48. The van der Waals surface area contributed by atoms with Gasteiger partial charge in [0.15, 0.2) is 0 Å². The highest BCUT2D eigenvalue weighted by molar-refractivity contribution is 5.96. The number of carbonyl (C=O) groups excluding carboxylic acids is 1. The summed E-state index contributed by atoms with van der Waals surface area (Å²) in [7, 11) is 1.64. The highest BCUT2D eigenvalue weighted by atomic mass is 16.5. The number of hydrogen-bond acceptors (Lipinski definition) is 2. The van der Waals surface area contributed by atoms with Gasteiger partial charge in [0.25, 0.3) is 5.91 Å². The van der Waals surface area contributed by atoms with E-state index in [1.807, 2.05) is 18.2 Å². The lowest BCUT2D eigenvalue weighted by atomic mass is 9.86. The third-order valence-corrected chi connectivity index (χ3v) is 3.14. The second kappa shape index (κ2) is 4.63. The molecule has 0 heterocycles. The maximum absolute atomic E-state index is 11.8. The minimum Gasteiger partial charge on any atom is -0.490 e. The molecule has 1 aliphatic rings. The van der Waals surface area contributed by atoms with Crippen molar-refractivity contribution >= 4 is 5.91 Å². The Morgan fingerprint density at radius 2 is 2.00 bits per heavy atom. The first-order valence-corrected chi connectivity index (χ1v) is 6.45. The molecule has 3 nitrogen and oxygen atoms in total. The first-order valence-electron chi connectivity index (χ1n) is 6.45. The predicted molar refractivity (Wildman–Crippen MR) is 72.2 cm³/mol. The number of amides is 1. The molecular weight excluding hydrogens is 226 g/mol. The summed E-state index contributed by atoms with van der Waals surface area (Å²) < 4.78 is 5.85. The fourth-order valence-corrected chi connectivity index (χ4v) is 1.77. The Morgan fingerprint density at radius 1 is 1.33 bits per heavy atom. The van der Waals surface area contributed by atoms with Crippen LogP contribution in [0.5, 0.6) is 5.75 Å². The van der Waals surface area contributed by atoms with Crippen LogP contribution in [-0.2, 0) is 5.41 Å². The molecule has 1 aromatic carbocycles. The van der Waals surface area contributed by atoms with E-state index in [0.29, 0.717) is 17.4 Å². The Labute approximate surface area is 109 Å². The molecule has 0 atom stereocenters. The molecule has 0 spiro atoms. The van der Waals surface area contributed by atoms with Gasteiger partial charge in [0.2, 0.25) is 0 Å². The molecule has 1 N–H and O–H groups in total. The molecule has 2 rings (SSSR count). The van der Waals surface area contributed by atoms with Crippen molar-refractivity contribution in [2.75, 3.05) is 7.05 Å². The van der Waals surface area contributed by atoms with Crippen LogP contribution in [0.15, 0.2) is 18.2 Å². The van der Waals surface area contributed by atoms with Gasteiger partial charge in [-0.25, -0.2) is 0 Å². The van der Waals surface area contributed by atoms with Crippen LogP contribution in [0.3, 0.4) is 0 Å². The Bertz CT molecular complexity index is 456. The summed E-state index contributed by atoms with van der Waals surface area (Å²) >= 11 is 0. The molecule has 0 aliphatic heterocycles. The summed E-state index contributed by atoms with van der Waals surface area (Å²) in [5, 5.41) is 2.65. The molecule has 0 radical (unpaired) electrons. The number of carbonyl (C=O) groups is 1. The van der Waals surface area contributed by atoms with E-state index >= 15 is 0 Å². The molecular formula is C15H21NO2. The first-order chi connectivity index (χ1) is 8.41. The summed E-state index contributed by atoms with van der Waals surface area (Å²) in [5.41, 5.74) is 1.87. The molecule has 0 bridgehead atoms. The molecule has 0 unspecified atom stereocenters. The molecule has 1 amide bonds. The van der Waals surface area contributed by atoms with E-state index in [-0.39, 0.29) is 11.3 Å². The van der Waals surface area contributed by atoms with E-state index in [9.17, 15) is 4.79 Å². The largest absolute Gasteiger partial charge is 0.490 e. The van der Waals surface area contributed by atoms with Gasteiger partial charge in [-0.1, -0.05) is 26.8 Å². The number of nitrogens with one attached hydrogen (secondary N) is 1. The molecule has 18 heavy (non-hydrogen) atoms. The highest BCUT2D eigenvalue weighted by Crippen LogP contribution is 2.33. The van der Waals surface area contributed by atoms with Crippen molar-refractivity contribution in [1.82, 2.24) is 5.32 Å². The van der Waals surface area contributed by atoms with Crippen molar-refractivity contribution in [3.8, 4) is 5.75 Å². The van der Waals surface area contributed by atoms with Gasteiger partial charge < -0.3 is 10.1 Å². The van der Waals surface area contributed by atoms with Crippen LogP contribution in [0.25, 0.3) is 0 Å². The van der Waals surface area contributed by atoms with Crippen molar-refractivity contribution in [3.05, 3.63) is 29.3 Å². The van der Waals surface area contributed by atoms with Gasteiger partial charge >= 0.3 is 0 Å². The van der Waals surface area contributed by atoms with Crippen LogP contribution >= 0.6 is 0 Å². The molecule has 1 aromatic rings. The van der Waals surface area contributed by atoms with E-state index in [1.54, 1.807) is 7.05 Å². The van der Waals surface area contributed by atoms with Crippen molar-refractivity contribution < 1.29 is 9.53 Å². The summed E-state index contributed by atoms with van der Waals surface area (Å²) in [5.74, 6) is 0.621. The molecule has 1 aliphatic carbocycles. The van der Waals surface area contributed by atoms with Crippen molar-refractivity contribution in [2.45, 2.75) is 45.1 Å². The van der Waals surface area contributed by atoms with E-state index in [4.69, 9.17) is 4.74 Å². The van der Waals surface area contributed by atoms with Gasteiger partial charge in [0, 0.05) is 7.05 Å². The van der Waals surface area contributed by atoms with Crippen LogP contribution < -0.4 is 10.1 Å². The lowest BCUT2D eigenvalue weighted by Crippen LogP contribution is -2.20. The lowest BCUT2D eigenvalue weighted by Gasteiger charge is -2.21.